The number of pyridine rings is 1. The second kappa shape index (κ2) is 8.09. The van der Waals surface area contributed by atoms with E-state index in [1.807, 2.05) is 30.5 Å². The third kappa shape index (κ3) is 3.66. The Morgan fingerprint density at radius 2 is 1.97 bits per heavy atom. The van der Waals surface area contributed by atoms with Gasteiger partial charge in [-0.1, -0.05) is 12.1 Å². The number of fused-ring (bicyclic) bond motifs is 3. The molecule has 1 fully saturated rings. The molecule has 4 aromatic rings. The van der Waals surface area contributed by atoms with Gasteiger partial charge in [-0.25, -0.2) is 14.8 Å². The summed E-state index contributed by atoms with van der Waals surface area (Å²) < 4.78 is 13.8. The molecule has 3 aromatic heterocycles. The van der Waals surface area contributed by atoms with Crippen LogP contribution in [0, 0.1) is 0 Å². The maximum absolute atomic E-state index is 13.1. The maximum atomic E-state index is 13.1. The third-order valence-electron chi connectivity index (χ3n) is 5.77. The molecule has 4 heterocycles. The van der Waals surface area contributed by atoms with Crippen molar-refractivity contribution < 1.29 is 9.47 Å². The summed E-state index contributed by atoms with van der Waals surface area (Å²) >= 11 is 0. The highest BCUT2D eigenvalue weighted by molar-refractivity contribution is 5.89. The van der Waals surface area contributed by atoms with Crippen LogP contribution >= 0.6 is 0 Å². The monoisotopic (exact) mass is 420 g/mol. The molecule has 0 aliphatic carbocycles. The average molecular weight is 420 g/mol. The van der Waals surface area contributed by atoms with E-state index >= 15 is 0 Å². The Morgan fingerprint density at radius 1 is 1.13 bits per heavy atom. The van der Waals surface area contributed by atoms with Crippen molar-refractivity contribution in [1.82, 2.24) is 29.0 Å². The molecule has 1 saturated heterocycles. The number of benzene rings is 1. The lowest BCUT2D eigenvalue weighted by atomic mass is 10.1. The molecule has 31 heavy (non-hydrogen) atoms. The standard InChI is InChI=1S/C22H24N6O3/c1-15-13-31-8-7-26(15)11-17-9-19-20(23-10-17)27(22(29)28-21(19)24-14-25-28)12-16-3-5-18(30-2)6-4-16/h3-6,9-10,14-15H,7-8,11-13H2,1-2H3. The molecular weight excluding hydrogens is 396 g/mol. The quantitative estimate of drug-likeness (QED) is 0.486. The molecule has 0 N–H and O–H groups in total. The molecule has 1 aromatic carbocycles. The van der Waals surface area contributed by atoms with Crippen LogP contribution in [0.15, 0.2) is 47.7 Å². The van der Waals surface area contributed by atoms with Crippen LogP contribution in [-0.4, -0.2) is 62.0 Å². The van der Waals surface area contributed by atoms with Crippen molar-refractivity contribution in [2.75, 3.05) is 26.9 Å². The van der Waals surface area contributed by atoms with Gasteiger partial charge in [0.15, 0.2) is 5.65 Å². The molecule has 9 heteroatoms. The summed E-state index contributed by atoms with van der Waals surface area (Å²) in [5, 5.41) is 4.96. The lowest BCUT2D eigenvalue weighted by Crippen LogP contribution is -2.42. The van der Waals surface area contributed by atoms with Crippen molar-refractivity contribution in [3.05, 3.63) is 64.5 Å². The van der Waals surface area contributed by atoms with E-state index in [4.69, 9.17) is 14.5 Å². The molecule has 1 aliphatic heterocycles. The van der Waals surface area contributed by atoms with E-state index in [1.165, 1.54) is 10.8 Å². The topological polar surface area (TPSA) is 86.8 Å². The van der Waals surface area contributed by atoms with Crippen LogP contribution in [0.4, 0.5) is 0 Å². The summed E-state index contributed by atoms with van der Waals surface area (Å²) in [6.07, 6.45) is 3.26. The number of hydrogen-bond acceptors (Lipinski definition) is 7. The van der Waals surface area contributed by atoms with Crippen LogP contribution in [0.1, 0.15) is 18.1 Å². The molecule has 0 amide bonds. The SMILES string of the molecule is COc1ccc(Cn2c(=O)n3ncnc3c3cc(CN4CCOCC4C)cnc32)cc1. The van der Waals surface area contributed by atoms with Crippen molar-refractivity contribution in [3.8, 4) is 5.75 Å². The minimum Gasteiger partial charge on any atom is -0.497 e. The van der Waals surface area contributed by atoms with Gasteiger partial charge in [0, 0.05) is 25.3 Å². The minimum absolute atomic E-state index is 0.266. The zero-order valence-electron chi connectivity index (χ0n) is 17.6. The lowest BCUT2D eigenvalue weighted by Gasteiger charge is -2.33. The van der Waals surface area contributed by atoms with Gasteiger partial charge in [0.1, 0.15) is 17.7 Å². The summed E-state index contributed by atoms with van der Waals surface area (Å²) in [4.78, 5) is 24.5. The second-order valence-corrected chi connectivity index (χ2v) is 7.82. The van der Waals surface area contributed by atoms with Crippen molar-refractivity contribution in [2.45, 2.75) is 26.1 Å². The molecule has 0 bridgehead atoms. The van der Waals surface area contributed by atoms with Gasteiger partial charge < -0.3 is 9.47 Å². The van der Waals surface area contributed by atoms with Gasteiger partial charge in [-0.3, -0.25) is 9.47 Å². The van der Waals surface area contributed by atoms with E-state index in [9.17, 15) is 4.79 Å². The first kappa shape index (κ1) is 19.7. The molecule has 160 valence electrons. The Kier molecular flexibility index (Phi) is 5.13. The van der Waals surface area contributed by atoms with Gasteiger partial charge in [-0.15, -0.1) is 0 Å². The molecule has 0 radical (unpaired) electrons. The number of methoxy groups -OCH3 is 1. The number of hydrogen-bond donors (Lipinski definition) is 0. The highest BCUT2D eigenvalue weighted by atomic mass is 16.5. The summed E-state index contributed by atoms with van der Waals surface area (Å²) in [5.74, 6) is 0.771. The predicted octanol–water partition coefficient (Wildman–Crippen LogP) is 1.72. The summed E-state index contributed by atoms with van der Waals surface area (Å²) in [6.45, 7) is 5.67. The normalized spacial score (nSPS) is 17.4. The zero-order valence-corrected chi connectivity index (χ0v) is 17.6. The maximum Gasteiger partial charge on any atom is 0.352 e. The van der Waals surface area contributed by atoms with Crippen LogP contribution in [0.3, 0.4) is 0 Å². The first-order valence-corrected chi connectivity index (χ1v) is 10.3. The highest BCUT2D eigenvalue weighted by Crippen LogP contribution is 2.20. The van der Waals surface area contributed by atoms with Gasteiger partial charge in [0.2, 0.25) is 0 Å². The number of morpholine rings is 1. The fourth-order valence-electron chi connectivity index (χ4n) is 4.02. The van der Waals surface area contributed by atoms with E-state index in [0.717, 1.165) is 48.6 Å². The molecular formula is C22H24N6O3. The third-order valence-corrected chi connectivity index (χ3v) is 5.77. The first-order chi connectivity index (χ1) is 15.1. The summed E-state index contributed by atoms with van der Waals surface area (Å²) in [6, 6.07) is 10.1. The van der Waals surface area contributed by atoms with E-state index in [1.54, 1.807) is 11.7 Å². The minimum atomic E-state index is -0.266. The predicted molar refractivity (Wildman–Crippen MR) is 115 cm³/mol. The van der Waals surface area contributed by atoms with Crippen molar-refractivity contribution in [3.63, 3.8) is 0 Å². The average Bonchev–Trinajstić information content (AvgIpc) is 3.29. The van der Waals surface area contributed by atoms with Crippen LogP contribution in [-0.2, 0) is 17.8 Å². The van der Waals surface area contributed by atoms with Crippen LogP contribution in [0.25, 0.3) is 16.7 Å². The van der Waals surface area contributed by atoms with Crippen molar-refractivity contribution >= 4 is 16.7 Å². The molecule has 9 nitrogen and oxygen atoms in total. The van der Waals surface area contributed by atoms with Gasteiger partial charge in [0.25, 0.3) is 0 Å². The lowest BCUT2D eigenvalue weighted by molar-refractivity contribution is -0.00439. The van der Waals surface area contributed by atoms with Crippen molar-refractivity contribution in [1.29, 1.82) is 0 Å². The number of nitrogens with zero attached hydrogens (tertiary/aromatic N) is 6. The second-order valence-electron chi connectivity index (χ2n) is 7.82. The summed E-state index contributed by atoms with van der Waals surface area (Å²) in [5.41, 5.74) is 2.89. The Balaban J connectivity index is 1.58. The largest absolute Gasteiger partial charge is 0.497 e. The number of rotatable bonds is 5. The van der Waals surface area contributed by atoms with Crippen LogP contribution in [0.2, 0.25) is 0 Å². The molecule has 1 atom stereocenters. The molecule has 0 saturated carbocycles. The van der Waals surface area contributed by atoms with Gasteiger partial charge in [0.05, 0.1) is 32.3 Å². The Labute approximate surface area is 178 Å². The van der Waals surface area contributed by atoms with E-state index in [-0.39, 0.29) is 5.69 Å². The van der Waals surface area contributed by atoms with E-state index < -0.39 is 0 Å². The molecule has 0 spiro atoms. The highest BCUT2D eigenvalue weighted by Gasteiger charge is 2.20. The van der Waals surface area contributed by atoms with Gasteiger partial charge in [-0.2, -0.15) is 9.61 Å². The molecule has 1 aliphatic rings. The number of ether oxygens (including phenoxy) is 2. The van der Waals surface area contributed by atoms with Crippen molar-refractivity contribution in [2.24, 2.45) is 0 Å². The Bertz CT molecular complexity index is 1280. The fraction of sp³-hybridized carbons (Fsp3) is 0.364. The van der Waals surface area contributed by atoms with Crippen LogP contribution < -0.4 is 10.4 Å². The van der Waals surface area contributed by atoms with Crippen LogP contribution in [0.5, 0.6) is 5.75 Å². The Morgan fingerprint density at radius 3 is 2.74 bits per heavy atom. The van der Waals surface area contributed by atoms with E-state index in [0.29, 0.717) is 23.9 Å². The van der Waals surface area contributed by atoms with Gasteiger partial charge >= 0.3 is 5.69 Å². The molecule has 5 rings (SSSR count). The summed E-state index contributed by atoms with van der Waals surface area (Å²) in [7, 11) is 1.63. The number of aromatic nitrogens is 5. The molecule has 1 unspecified atom stereocenters. The Hall–Kier alpha value is -3.30. The zero-order chi connectivity index (χ0) is 21.4. The first-order valence-electron chi connectivity index (χ1n) is 10.3. The smallest absolute Gasteiger partial charge is 0.352 e. The fourth-order valence-corrected chi connectivity index (χ4v) is 4.02. The van der Waals surface area contributed by atoms with E-state index in [2.05, 4.69) is 28.0 Å². The van der Waals surface area contributed by atoms with Gasteiger partial charge in [-0.05, 0) is 36.2 Å².